The standard InChI is InChI=1S/C72H118O8/c1-13-25-31-55(19-7)49-75-67-41-62(38-40-64-44-72(80-54-60(24-12)36-30-18-6)66(48-74)46-70(64)78-52-58(22-10)34-28-16-4)68(76-50-56(20-8)32-26-14-2)42-61(67)37-39-63-43-71(79-53-59(23-11)35-29-17-5)65(47-73)45-69(63)77-51-57(21-9)33-27-15-3/h37-46,55-60,73-74H,13-36,47-54H2,1-12H3/b39-37+,40-38+. The second-order valence-corrected chi connectivity index (χ2v) is 23.3. The molecule has 0 fully saturated rings. The molecular formula is C72H118O8. The van der Waals surface area contributed by atoms with Crippen LogP contribution in [0.15, 0.2) is 36.4 Å². The fourth-order valence-corrected chi connectivity index (χ4v) is 10.4. The summed E-state index contributed by atoms with van der Waals surface area (Å²) in [5.74, 6) is 7.05. The van der Waals surface area contributed by atoms with Gasteiger partial charge in [-0.1, -0.05) is 223 Å². The van der Waals surface area contributed by atoms with Crippen LogP contribution in [0.1, 0.15) is 271 Å². The highest BCUT2D eigenvalue weighted by Gasteiger charge is 2.20. The summed E-state index contributed by atoms with van der Waals surface area (Å²) < 4.78 is 40.9. The van der Waals surface area contributed by atoms with Gasteiger partial charge in [0, 0.05) is 33.4 Å². The summed E-state index contributed by atoms with van der Waals surface area (Å²) in [5, 5.41) is 21.6. The summed E-state index contributed by atoms with van der Waals surface area (Å²) >= 11 is 0. The first-order chi connectivity index (χ1) is 39.0. The van der Waals surface area contributed by atoms with Gasteiger partial charge in [-0.15, -0.1) is 0 Å². The molecule has 0 aliphatic heterocycles. The molecule has 0 spiro atoms. The minimum atomic E-state index is -0.139. The first kappa shape index (κ1) is 70.1. The number of hydrogen-bond acceptors (Lipinski definition) is 8. The summed E-state index contributed by atoms with van der Waals surface area (Å²) in [7, 11) is 0. The third-order valence-corrected chi connectivity index (χ3v) is 16.9. The summed E-state index contributed by atoms with van der Waals surface area (Å²) in [5.41, 5.74) is 5.11. The van der Waals surface area contributed by atoms with E-state index in [-0.39, 0.29) is 13.2 Å². The second kappa shape index (κ2) is 42.6. The Hall–Kier alpha value is -4.14. The highest BCUT2D eigenvalue weighted by molar-refractivity contribution is 5.81. The van der Waals surface area contributed by atoms with Crippen molar-refractivity contribution in [1.82, 2.24) is 0 Å². The van der Waals surface area contributed by atoms with Crippen LogP contribution in [0.5, 0.6) is 34.5 Å². The molecule has 0 amide bonds. The fraction of sp³-hybridized carbons (Fsp3) is 0.694. The number of hydrogen-bond donors (Lipinski definition) is 2. The number of aliphatic hydroxyl groups excluding tert-OH is 2. The normalized spacial score (nSPS) is 14.1. The van der Waals surface area contributed by atoms with Crippen LogP contribution in [0.4, 0.5) is 0 Å². The van der Waals surface area contributed by atoms with Crippen molar-refractivity contribution >= 4 is 24.3 Å². The van der Waals surface area contributed by atoms with Crippen LogP contribution in [0.3, 0.4) is 0 Å². The fourth-order valence-electron chi connectivity index (χ4n) is 10.4. The van der Waals surface area contributed by atoms with Crippen LogP contribution in [-0.2, 0) is 13.2 Å². The molecule has 3 aromatic rings. The van der Waals surface area contributed by atoms with Crippen LogP contribution in [0.2, 0.25) is 0 Å². The van der Waals surface area contributed by atoms with E-state index in [2.05, 4.69) is 132 Å². The van der Waals surface area contributed by atoms with Crippen molar-refractivity contribution in [2.75, 3.05) is 39.6 Å². The second-order valence-electron chi connectivity index (χ2n) is 23.3. The van der Waals surface area contributed by atoms with Crippen LogP contribution in [0.25, 0.3) is 24.3 Å². The molecule has 0 saturated heterocycles. The van der Waals surface area contributed by atoms with Gasteiger partial charge in [-0.25, -0.2) is 0 Å². The lowest BCUT2D eigenvalue weighted by Crippen LogP contribution is -2.14. The smallest absolute Gasteiger partial charge is 0.127 e. The third-order valence-electron chi connectivity index (χ3n) is 16.9. The van der Waals surface area contributed by atoms with Gasteiger partial charge in [0.2, 0.25) is 0 Å². The van der Waals surface area contributed by atoms with E-state index in [1.165, 1.54) is 38.5 Å². The summed E-state index contributed by atoms with van der Waals surface area (Å²) in [6.45, 7) is 30.4. The van der Waals surface area contributed by atoms with Crippen LogP contribution in [-0.4, -0.2) is 49.9 Å². The lowest BCUT2D eigenvalue weighted by molar-refractivity contribution is 0.216. The van der Waals surface area contributed by atoms with Crippen LogP contribution >= 0.6 is 0 Å². The van der Waals surface area contributed by atoms with Crippen molar-refractivity contribution in [3.8, 4) is 34.5 Å². The lowest BCUT2D eigenvalue weighted by Gasteiger charge is -2.22. The van der Waals surface area contributed by atoms with Crippen molar-refractivity contribution in [2.24, 2.45) is 35.5 Å². The Morgan fingerprint density at radius 3 is 0.662 bits per heavy atom. The minimum Gasteiger partial charge on any atom is -0.493 e. The summed E-state index contributed by atoms with van der Waals surface area (Å²) in [6, 6.07) is 12.5. The molecule has 0 saturated carbocycles. The van der Waals surface area contributed by atoms with Gasteiger partial charge in [0.1, 0.15) is 34.5 Å². The number of ether oxygens (including phenoxy) is 6. The molecule has 454 valence electrons. The van der Waals surface area contributed by atoms with Crippen molar-refractivity contribution < 1.29 is 38.6 Å². The Balaban J connectivity index is 2.38. The molecule has 6 unspecified atom stereocenters. The molecule has 3 aromatic carbocycles. The lowest BCUT2D eigenvalue weighted by atomic mass is 9.99. The molecule has 80 heavy (non-hydrogen) atoms. The Morgan fingerprint density at radius 2 is 0.475 bits per heavy atom. The van der Waals surface area contributed by atoms with Crippen molar-refractivity contribution in [2.45, 2.75) is 250 Å². The number of unbranched alkanes of at least 4 members (excludes halogenated alkanes) is 6. The van der Waals surface area contributed by atoms with Crippen molar-refractivity contribution in [1.29, 1.82) is 0 Å². The van der Waals surface area contributed by atoms with E-state index in [9.17, 15) is 10.2 Å². The van der Waals surface area contributed by atoms with E-state index >= 15 is 0 Å². The molecule has 0 heterocycles. The third kappa shape index (κ3) is 25.6. The molecule has 0 aromatic heterocycles. The molecule has 0 radical (unpaired) electrons. The molecule has 8 heteroatoms. The van der Waals surface area contributed by atoms with E-state index in [1.807, 2.05) is 12.1 Å². The van der Waals surface area contributed by atoms with Crippen LogP contribution < -0.4 is 28.4 Å². The maximum atomic E-state index is 10.8. The van der Waals surface area contributed by atoms with E-state index in [0.29, 0.717) is 86.6 Å². The predicted octanol–water partition coefficient (Wildman–Crippen LogP) is 20.6. The number of aliphatic hydroxyl groups is 2. The van der Waals surface area contributed by atoms with E-state index in [4.69, 9.17) is 28.4 Å². The van der Waals surface area contributed by atoms with Crippen LogP contribution in [0, 0.1) is 35.5 Å². The van der Waals surface area contributed by atoms with Gasteiger partial charge in [0.15, 0.2) is 0 Å². The SMILES string of the molecule is CCCCC(CC)COc1cc(/C=C/c2cc(OCC(CC)CCCC)c(CO)cc2OCC(CC)CCCC)c(OCC(CC)CCCC)cc1/C=C/c1cc(OCC(CC)CCCC)c(CO)cc1OCC(CC)CCCC. The average Bonchev–Trinajstić information content (AvgIpc) is 3.48. The molecule has 0 aliphatic rings. The summed E-state index contributed by atoms with van der Waals surface area (Å²) in [4.78, 5) is 0. The van der Waals surface area contributed by atoms with Crippen molar-refractivity contribution in [3.63, 3.8) is 0 Å². The van der Waals surface area contributed by atoms with Gasteiger partial charge < -0.3 is 38.6 Å². The van der Waals surface area contributed by atoms with Gasteiger partial charge in [-0.3, -0.25) is 0 Å². The molecule has 6 atom stereocenters. The maximum Gasteiger partial charge on any atom is 0.127 e. The Kier molecular flexibility index (Phi) is 37.4. The Morgan fingerprint density at radius 1 is 0.287 bits per heavy atom. The number of rotatable bonds is 48. The molecule has 3 rings (SSSR count). The molecule has 0 bridgehead atoms. The molecule has 8 nitrogen and oxygen atoms in total. The Labute approximate surface area is 490 Å². The van der Waals surface area contributed by atoms with E-state index in [0.717, 1.165) is 172 Å². The molecule has 2 N–H and O–H groups in total. The molecular weight excluding hydrogens is 993 g/mol. The van der Waals surface area contributed by atoms with Gasteiger partial charge >= 0.3 is 0 Å². The largest absolute Gasteiger partial charge is 0.493 e. The first-order valence-electron chi connectivity index (χ1n) is 32.9. The van der Waals surface area contributed by atoms with Gasteiger partial charge in [0.25, 0.3) is 0 Å². The zero-order chi connectivity index (χ0) is 58.3. The highest BCUT2D eigenvalue weighted by Crippen LogP contribution is 2.38. The predicted molar refractivity (Wildman–Crippen MR) is 342 cm³/mol. The van der Waals surface area contributed by atoms with E-state index in [1.54, 1.807) is 0 Å². The van der Waals surface area contributed by atoms with E-state index < -0.39 is 0 Å². The minimum absolute atomic E-state index is 0.139. The first-order valence-corrected chi connectivity index (χ1v) is 32.9. The topological polar surface area (TPSA) is 95.8 Å². The highest BCUT2D eigenvalue weighted by atomic mass is 16.5. The van der Waals surface area contributed by atoms with Crippen molar-refractivity contribution in [3.05, 3.63) is 69.8 Å². The zero-order valence-electron chi connectivity index (χ0n) is 53.2. The van der Waals surface area contributed by atoms with Gasteiger partial charge in [0.05, 0.1) is 52.9 Å². The number of benzene rings is 3. The summed E-state index contributed by atoms with van der Waals surface area (Å²) in [6.07, 6.45) is 35.5. The van der Waals surface area contributed by atoms with Gasteiger partial charge in [-0.2, -0.15) is 0 Å². The quantitative estimate of drug-likeness (QED) is 0.0540. The zero-order valence-corrected chi connectivity index (χ0v) is 53.2. The van der Waals surface area contributed by atoms with Gasteiger partial charge in [-0.05, 0) is 110 Å². The molecule has 0 aliphatic carbocycles. The maximum absolute atomic E-state index is 10.8. The monoisotopic (exact) mass is 1110 g/mol. The average molecular weight is 1110 g/mol. The Bertz CT molecular complexity index is 1980.